The van der Waals surface area contributed by atoms with Crippen LogP contribution in [0.25, 0.3) is 6.20 Å². The first-order chi connectivity index (χ1) is 18.1. The zero-order valence-corrected chi connectivity index (χ0v) is 22.6. The molecule has 1 aromatic heterocycles. The molecule has 6 rings (SSSR count). The molecule has 1 aliphatic heterocycles. The van der Waals surface area contributed by atoms with Crippen LogP contribution in [0.5, 0.6) is 0 Å². The number of hydrogen-bond acceptors (Lipinski definition) is 7. The summed E-state index contributed by atoms with van der Waals surface area (Å²) in [6, 6.07) is 0.0874. The van der Waals surface area contributed by atoms with Gasteiger partial charge in [0.15, 0.2) is 0 Å². The minimum atomic E-state index is -0.736. The zero-order chi connectivity index (χ0) is 27.1. The van der Waals surface area contributed by atoms with Gasteiger partial charge in [-0.15, -0.1) is 0 Å². The van der Waals surface area contributed by atoms with E-state index in [1.54, 1.807) is 30.2 Å². The Kier molecular flexibility index (Phi) is 7.15. The first kappa shape index (κ1) is 26.5. The Balaban J connectivity index is 1.36. The van der Waals surface area contributed by atoms with E-state index in [-0.39, 0.29) is 23.3 Å². The standard InChI is InChI=1S/C27H40N6O5/c1-26(2,24(35)29-3)4-5-33-23(32-6-8-37-9-7-32)20(15-30-33)22(34)31-21-18-10-17-11-19(21)14-27(12-17,13-18)16-38-25(28)36/h4-5,15,17-19,21H,6-14,16H2,1-3H3,(H2,28,36)(H,29,35)(H,31,34). The van der Waals surface area contributed by atoms with Crippen molar-refractivity contribution in [1.82, 2.24) is 20.4 Å². The maximum atomic E-state index is 13.8. The van der Waals surface area contributed by atoms with Gasteiger partial charge in [0.1, 0.15) is 11.4 Å². The van der Waals surface area contributed by atoms with Crippen molar-refractivity contribution in [3.8, 4) is 0 Å². The summed E-state index contributed by atoms with van der Waals surface area (Å²) >= 11 is 0. The Morgan fingerprint density at radius 1 is 1.21 bits per heavy atom. The van der Waals surface area contributed by atoms with Crippen LogP contribution in [0.15, 0.2) is 12.3 Å². The summed E-state index contributed by atoms with van der Waals surface area (Å²) < 4.78 is 12.5. The monoisotopic (exact) mass is 528 g/mol. The molecule has 0 aromatic carbocycles. The first-order valence-corrected chi connectivity index (χ1v) is 13.7. The lowest BCUT2D eigenvalue weighted by molar-refractivity contribution is -0.126. The second-order valence-electron chi connectivity index (χ2n) is 12.1. The second-order valence-corrected chi connectivity index (χ2v) is 12.1. The lowest BCUT2D eigenvalue weighted by Crippen LogP contribution is -2.60. The Morgan fingerprint density at radius 3 is 2.53 bits per heavy atom. The molecule has 0 spiro atoms. The quantitative estimate of drug-likeness (QED) is 0.469. The molecule has 2 heterocycles. The first-order valence-electron chi connectivity index (χ1n) is 13.7. The highest BCUT2D eigenvalue weighted by Gasteiger charge is 2.56. The molecule has 4 N–H and O–H groups in total. The van der Waals surface area contributed by atoms with Crippen molar-refractivity contribution in [1.29, 1.82) is 0 Å². The number of nitrogens with two attached hydrogens (primary N) is 1. The average molecular weight is 529 g/mol. The molecule has 4 saturated carbocycles. The number of rotatable bonds is 8. The molecule has 0 radical (unpaired) electrons. The Morgan fingerprint density at radius 2 is 1.89 bits per heavy atom. The van der Waals surface area contributed by atoms with Gasteiger partial charge >= 0.3 is 6.09 Å². The van der Waals surface area contributed by atoms with Crippen LogP contribution in [0.2, 0.25) is 0 Å². The molecule has 4 bridgehead atoms. The van der Waals surface area contributed by atoms with E-state index in [0.29, 0.717) is 62.0 Å². The lowest BCUT2D eigenvalue weighted by atomic mass is 9.48. The summed E-state index contributed by atoms with van der Waals surface area (Å²) in [6.45, 7) is 6.49. The smallest absolute Gasteiger partial charge is 0.404 e. The van der Waals surface area contributed by atoms with Crippen molar-refractivity contribution >= 4 is 29.9 Å². The minimum Gasteiger partial charge on any atom is -0.449 e. The highest BCUT2D eigenvalue weighted by atomic mass is 16.5. The topological polar surface area (TPSA) is 141 Å². The molecule has 3 amide bonds. The third-order valence-electron chi connectivity index (χ3n) is 8.99. The van der Waals surface area contributed by atoms with E-state index >= 15 is 0 Å². The molecule has 1 aromatic rings. The fourth-order valence-corrected chi connectivity index (χ4v) is 7.43. The molecule has 38 heavy (non-hydrogen) atoms. The third-order valence-corrected chi connectivity index (χ3v) is 8.99. The molecule has 11 heteroatoms. The number of carbonyl (C=O) groups is 3. The molecule has 208 valence electrons. The Hall–Kier alpha value is -3.08. The number of anilines is 1. The van der Waals surface area contributed by atoms with E-state index in [2.05, 4.69) is 20.6 Å². The maximum absolute atomic E-state index is 13.8. The molecular weight excluding hydrogens is 488 g/mol. The normalized spacial score (nSPS) is 30.4. The van der Waals surface area contributed by atoms with Gasteiger partial charge in [-0.1, -0.05) is 6.08 Å². The van der Waals surface area contributed by atoms with Crippen LogP contribution in [0.1, 0.15) is 56.3 Å². The Bertz CT molecular complexity index is 1090. The Labute approximate surface area is 223 Å². The van der Waals surface area contributed by atoms with Gasteiger partial charge in [0.05, 0.1) is 31.4 Å². The molecular formula is C27H40N6O5. The predicted molar refractivity (Wildman–Crippen MR) is 141 cm³/mol. The van der Waals surface area contributed by atoms with Crippen molar-refractivity contribution < 1.29 is 23.9 Å². The maximum Gasteiger partial charge on any atom is 0.404 e. The van der Waals surface area contributed by atoms with E-state index in [4.69, 9.17) is 15.2 Å². The second kappa shape index (κ2) is 10.2. The number of carbonyl (C=O) groups excluding carboxylic acids is 3. The van der Waals surface area contributed by atoms with Gasteiger partial charge in [-0.05, 0) is 63.7 Å². The lowest BCUT2D eigenvalue weighted by Gasteiger charge is -2.59. The van der Waals surface area contributed by atoms with Crippen LogP contribution in [-0.2, 0) is 14.3 Å². The molecule has 11 nitrogen and oxygen atoms in total. The number of hydrogen-bond donors (Lipinski definition) is 3. The fraction of sp³-hybridized carbons (Fsp3) is 0.704. The molecule has 1 saturated heterocycles. The van der Waals surface area contributed by atoms with Crippen molar-refractivity contribution in [3.05, 3.63) is 17.8 Å². The van der Waals surface area contributed by atoms with E-state index in [1.165, 1.54) is 0 Å². The summed E-state index contributed by atoms with van der Waals surface area (Å²) in [5.74, 6) is 1.81. The van der Waals surface area contributed by atoms with Gasteiger partial charge in [0, 0.05) is 37.8 Å². The molecule has 5 aliphatic rings. The summed E-state index contributed by atoms with van der Waals surface area (Å²) in [6.07, 6.45) is 9.59. The van der Waals surface area contributed by atoms with Crippen LogP contribution >= 0.6 is 0 Å². The van der Waals surface area contributed by atoms with Gasteiger partial charge in [0.25, 0.3) is 5.91 Å². The predicted octanol–water partition coefficient (Wildman–Crippen LogP) is 1.98. The number of nitrogens with zero attached hydrogens (tertiary/aromatic N) is 3. The molecule has 2 atom stereocenters. The van der Waals surface area contributed by atoms with Crippen LogP contribution in [0.4, 0.5) is 10.6 Å². The summed E-state index contributed by atoms with van der Waals surface area (Å²) in [7, 11) is 1.62. The van der Waals surface area contributed by atoms with Gasteiger partial charge < -0.3 is 30.7 Å². The van der Waals surface area contributed by atoms with Gasteiger partial charge in [-0.25, -0.2) is 9.48 Å². The highest BCUT2D eigenvalue weighted by Crippen LogP contribution is 2.60. The third kappa shape index (κ3) is 5.12. The van der Waals surface area contributed by atoms with Crippen LogP contribution in [0.3, 0.4) is 0 Å². The SMILES string of the molecule is CNC(=O)C(C)(C)C=Cn1ncc(C(=O)NC2C3CC4CC2CC(COC(N)=O)(C4)C3)c1N1CCOCC1. The number of amides is 3. The van der Waals surface area contributed by atoms with Crippen LogP contribution in [-0.4, -0.2) is 73.7 Å². The molecule has 2 unspecified atom stereocenters. The van der Waals surface area contributed by atoms with Crippen LogP contribution < -0.4 is 21.3 Å². The number of morpholine rings is 1. The molecule has 4 aliphatic carbocycles. The zero-order valence-electron chi connectivity index (χ0n) is 22.6. The summed E-state index contributed by atoms with van der Waals surface area (Å²) in [4.78, 5) is 39.4. The fourth-order valence-electron chi connectivity index (χ4n) is 7.43. The van der Waals surface area contributed by atoms with E-state index in [0.717, 1.165) is 32.1 Å². The van der Waals surface area contributed by atoms with Crippen molar-refractivity contribution in [2.75, 3.05) is 44.9 Å². The van der Waals surface area contributed by atoms with Crippen molar-refractivity contribution in [3.63, 3.8) is 0 Å². The van der Waals surface area contributed by atoms with Crippen LogP contribution in [0, 0.1) is 28.6 Å². The largest absolute Gasteiger partial charge is 0.449 e. The minimum absolute atomic E-state index is 0.0149. The summed E-state index contributed by atoms with van der Waals surface area (Å²) in [5, 5.41) is 10.6. The average Bonchev–Trinajstić information content (AvgIpc) is 3.32. The highest BCUT2D eigenvalue weighted by molar-refractivity contribution is 5.99. The number of primary amides is 1. The van der Waals surface area contributed by atoms with Crippen molar-refractivity contribution in [2.24, 2.45) is 34.3 Å². The number of aromatic nitrogens is 2. The number of nitrogens with one attached hydrogen (secondary N) is 2. The van der Waals surface area contributed by atoms with Crippen molar-refractivity contribution in [2.45, 2.75) is 52.0 Å². The van der Waals surface area contributed by atoms with Gasteiger partial charge in [0.2, 0.25) is 5.91 Å². The van der Waals surface area contributed by atoms with Gasteiger partial charge in [-0.2, -0.15) is 5.10 Å². The number of ether oxygens (including phenoxy) is 2. The van der Waals surface area contributed by atoms with E-state index in [1.807, 2.05) is 13.8 Å². The van der Waals surface area contributed by atoms with E-state index < -0.39 is 11.5 Å². The van der Waals surface area contributed by atoms with Gasteiger partial charge in [-0.3, -0.25) is 9.59 Å². The van der Waals surface area contributed by atoms with E-state index in [9.17, 15) is 14.4 Å². The summed E-state index contributed by atoms with van der Waals surface area (Å²) in [5.41, 5.74) is 5.03. The molecule has 5 fully saturated rings.